The lowest BCUT2D eigenvalue weighted by Crippen LogP contribution is -1.87. The Morgan fingerprint density at radius 1 is 1.33 bits per heavy atom. The highest BCUT2D eigenvalue weighted by molar-refractivity contribution is 7.13. The molecule has 4 heteroatoms. The van der Waals surface area contributed by atoms with E-state index in [-0.39, 0.29) is 0 Å². The third-order valence-corrected chi connectivity index (χ3v) is 0.446. The lowest BCUT2D eigenvalue weighted by molar-refractivity contribution is 0.900. The van der Waals surface area contributed by atoms with Gasteiger partial charge in [0.05, 0.1) is 0 Å². The first-order valence-electron chi connectivity index (χ1n) is 1.15. The Balaban J connectivity index is 3.40. The zero-order valence-corrected chi connectivity index (χ0v) is 4.07. The van der Waals surface area contributed by atoms with Gasteiger partial charge in [-0.3, -0.25) is 0 Å². The molecular weight excluding hydrogens is 97.0 g/mol. The van der Waals surface area contributed by atoms with Crippen LogP contribution in [0.15, 0.2) is 0 Å². The van der Waals surface area contributed by atoms with Crippen molar-refractivity contribution in [1.29, 1.82) is 10.5 Å². The molecule has 0 aromatic carbocycles. The normalized spacial score (nSPS) is 5.17. The van der Waals surface area contributed by atoms with Crippen molar-refractivity contribution in [3.8, 4) is 12.4 Å². The van der Waals surface area contributed by atoms with Crippen molar-refractivity contribution in [2.75, 3.05) is 0 Å². The molecule has 0 rings (SSSR count). The van der Waals surface area contributed by atoms with E-state index in [4.69, 9.17) is 10.5 Å². The van der Waals surface area contributed by atoms with Gasteiger partial charge in [0.2, 0.25) is 0 Å². The number of hydrogen-bond acceptors (Lipinski definition) is 3. The van der Waals surface area contributed by atoms with Crippen molar-refractivity contribution < 1.29 is 0 Å². The molecule has 0 aliphatic carbocycles. The summed E-state index contributed by atoms with van der Waals surface area (Å²) in [7, 11) is 1.92. The second-order valence-electron chi connectivity index (χ2n) is 0.570. The maximum atomic E-state index is 7.77. The summed E-state index contributed by atoms with van der Waals surface area (Å²) < 4.78 is 0.778. The Labute approximate surface area is 38.0 Å². The Hall–Kier alpha value is -0.790. The predicted molar refractivity (Wildman–Crippen MR) is 22.8 cm³/mol. The lowest BCUT2D eigenvalue weighted by atomic mass is 11.2. The second-order valence-corrected chi connectivity index (χ2v) is 1.09. The Kier molecular flexibility index (Phi) is 2.13. The standard InChI is InChI=1S/C2H2N3P/c3-1-5(6)2-4/h6H2. The van der Waals surface area contributed by atoms with Crippen LogP contribution < -0.4 is 0 Å². The van der Waals surface area contributed by atoms with Crippen molar-refractivity contribution in [1.82, 2.24) is 4.67 Å². The van der Waals surface area contributed by atoms with Crippen LogP contribution in [0.4, 0.5) is 0 Å². The van der Waals surface area contributed by atoms with Gasteiger partial charge in [0.1, 0.15) is 0 Å². The van der Waals surface area contributed by atoms with Gasteiger partial charge in [0.15, 0.2) is 12.4 Å². The molecule has 0 amide bonds. The fraction of sp³-hybridized carbons (Fsp3) is 0. The van der Waals surface area contributed by atoms with Gasteiger partial charge in [0, 0.05) is 0 Å². The number of nitriles is 2. The monoisotopic (exact) mass is 99.0 g/mol. The third kappa shape index (κ3) is 1.52. The van der Waals surface area contributed by atoms with Crippen LogP contribution in [0.5, 0.6) is 0 Å². The van der Waals surface area contributed by atoms with E-state index in [1.807, 2.05) is 9.39 Å². The zero-order valence-electron chi connectivity index (χ0n) is 2.92. The average Bonchev–Trinajstić information content (AvgIpc) is 1.65. The fourth-order valence-corrected chi connectivity index (χ4v) is 0.0224. The summed E-state index contributed by atoms with van der Waals surface area (Å²) in [6.07, 6.45) is 3.10. The summed E-state index contributed by atoms with van der Waals surface area (Å²) >= 11 is 0. The quantitative estimate of drug-likeness (QED) is 0.245. The molecule has 0 N–H and O–H groups in total. The molecule has 6 heavy (non-hydrogen) atoms. The molecule has 0 saturated heterocycles. The fourth-order valence-electron chi connectivity index (χ4n) is 0.0224. The van der Waals surface area contributed by atoms with E-state index >= 15 is 0 Å². The first-order valence-corrected chi connectivity index (χ1v) is 1.67. The van der Waals surface area contributed by atoms with Crippen molar-refractivity contribution in [3.05, 3.63) is 0 Å². The summed E-state index contributed by atoms with van der Waals surface area (Å²) in [6, 6.07) is 0. The summed E-state index contributed by atoms with van der Waals surface area (Å²) in [4.78, 5) is 0. The highest BCUT2D eigenvalue weighted by atomic mass is 31.0. The van der Waals surface area contributed by atoms with Crippen molar-refractivity contribution in [2.24, 2.45) is 0 Å². The van der Waals surface area contributed by atoms with Crippen LogP contribution in [0.1, 0.15) is 0 Å². The highest BCUT2D eigenvalue weighted by Crippen LogP contribution is 1.87. The van der Waals surface area contributed by atoms with Crippen LogP contribution in [0.3, 0.4) is 0 Å². The first kappa shape index (κ1) is 5.21. The largest absolute Gasteiger partial charge is 0.201 e. The summed E-state index contributed by atoms with van der Waals surface area (Å²) in [5.74, 6) is 0. The minimum absolute atomic E-state index is 0.778. The van der Waals surface area contributed by atoms with E-state index in [0.29, 0.717) is 0 Å². The molecule has 0 saturated carbocycles. The molecule has 1 atom stereocenters. The van der Waals surface area contributed by atoms with E-state index < -0.39 is 0 Å². The second kappa shape index (κ2) is 2.45. The number of nitrogens with zero attached hydrogens (tertiary/aromatic N) is 3. The maximum Gasteiger partial charge on any atom is 0.196 e. The van der Waals surface area contributed by atoms with Crippen molar-refractivity contribution in [3.63, 3.8) is 0 Å². The van der Waals surface area contributed by atoms with Gasteiger partial charge in [-0.1, -0.05) is 0 Å². The lowest BCUT2D eigenvalue weighted by Gasteiger charge is -1.84. The van der Waals surface area contributed by atoms with E-state index in [2.05, 4.69) is 0 Å². The van der Waals surface area contributed by atoms with E-state index in [0.717, 1.165) is 4.67 Å². The Morgan fingerprint density at radius 2 is 1.67 bits per heavy atom. The minimum Gasteiger partial charge on any atom is -0.201 e. The molecule has 0 bridgehead atoms. The molecule has 0 heterocycles. The molecule has 0 aromatic rings. The van der Waals surface area contributed by atoms with Gasteiger partial charge in [-0.2, -0.15) is 10.5 Å². The maximum absolute atomic E-state index is 7.77. The molecule has 0 aromatic heterocycles. The van der Waals surface area contributed by atoms with Gasteiger partial charge < -0.3 is 0 Å². The summed E-state index contributed by atoms with van der Waals surface area (Å²) in [5.41, 5.74) is 0. The van der Waals surface area contributed by atoms with Crippen LogP contribution in [0.2, 0.25) is 0 Å². The smallest absolute Gasteiger partial charge is 0.196 e. The molecule has 0 aliphatic heterocycles. The Bertz CT molecular complexity index is 92.9. The van der Waals surface area contributed by atoms with Gasteiger partial charge in [-0.25, -0.2) is 4.67 Å². The van der Waals surface area contributed by atoms with Gasteiger partial charge in [-0.15, -0.1) is 0 Å². The van der Waals surface area contributed by atoms with Gasteiger partial charge in [0.25, 0.3) is 0 Å². The van der Waals surface area contributed by atoms with Crippen molar-refractivity contribution in [2.45, 2.75) is 0 Å². The van der Waals surface area contributed by atoms with Crippen LogP contribution in [0, 0.1) is 22.9 Å². The molecule has 0 fully saturated rings. The van der Waals surface area contributed by atoms with Crippen LogP contribution >= 0.6 is 9.39 Å². The van der Waals surface area contributed by atoms with E-state index in [9.17, 15) is 0 Å². The molecule has 0 spiro atoms. The highest BCUT2D eigenvalue weighted by Gasteiger charge is 1.78. The van der Waals surface area contributed by atoms with Gasteiger partial charge >= 0.3 is 0 Å². The van der Waals surface area contributed by atoms with Crippen molar-refractivity contribution >= 4 is 9.39 Å². The molecule has 1 unspecified atom stereocenters. The van der Waals surface area contributed by atoms with Gasteiger partial charge in [-0.05, 0) is 9.39 Å². The molecule has 0 radical (unpaired) electrons. The zero-order chi connectivity index (χ0) is 4.99. The topological polar surface area (TPSA) is 50.8 Å². The average molecular weight is 99.0 g/mol. The third-order valence-electron chi connectivity index (χ3n) is 0.215. The molecule has 30 valence electrons. The summed E-state index contributed by atoms with van der Waals surface area (Å²) in [6.45, 7) is 0. The van der Waals surface area contributed by atoms with E-state index in [1.165, 1.54) is 0 Å². The van der Waals surface area contributed by atoms with Crippen LogP contribution in [-0.4, -0.2) is 4.67 Å². The van der Waals surface area contributed by atoms with Crippen LogP contribution in [-0.2, 0) is 0 Å². The molecule has 3 nitrogen and oxygen atoms in total. The predicted octanol–water partition coefficient (Wildman–Crippen LogP) is 0.0407. The van der Waals surface area contributed by atoms with E-state index in [1.54, 1.807) is 12.4 Å². The summed E-state index contributed by atoms with van der Waals surface area (Å²) in [5, 5.41) is 15.5. The molecular formula is C2H2N3P. The number of hydrogen-bond donors (Lipinski definition) is 0. The number of rotatable bonds is 0. The first-order chi connectivity index (χ1) is 2.81. The SMILES string of the molecule is N#CN(P)C#N. The minimum atomic E-state index is 0.778. The molecule has 0 aliphatic rings. The Morgan fingerprint density at radius 3 is 1.67 bits per heavy atom. The van der Waals surface area contributed by atoms with Crippen LogP contribution in [0.25, 0.3) is 0 Å².